The number of rotatable bonds is 6. The van der Waals surface area contributed by atoms with Gasteiger partial charge in [-0.05, 0) is 45.9 Å². The molecule has 0 fully saturated rings. The summed E-state index contributed by atoms with van der Waals surface area (Å²) >= 11 is 2.53. The number of nitrogens with one attached hydrogen (secondary N) is 1. The molecule has 0 unspecified atom stereocenters. The maximum Gasteiger partial charge on any atom is 0.426 e. The van der Waals surface area contributed by atoms with Gasteiger partial charge in [0.1, 0.15) is 16.4 Å². The molecular weight excluding hydrogens is 423 g/mol. The van der Waals surface area contributed by atoms with Gasteiger partial charge in [0.05, 0.1) is 16.9 Å². The largest absolute Gasteiger partial charge is 0.443 e. The minimum Gasteiger partial charge on any atom is -0.443 e. The first kappa shape index (κ1) is 22.0. The highest BCUT2D eigenvalue weighted by Crippen LogP contribution is 2.31. The van der Waals surface area contributed by atoms with Gasteiger partial charge in [-0.1, -0.05) is 18.2 Å². The Morgan fingerprint density at radius 1 is 1.27 bits per heavy atom. The Morgan fingerprint density at radius 2 is 2.03 bits per heavy atom. The number of halogens is 1. The lowest BCUT2D eigenvalue weighted by Gasteiger charge is -2.25. The van der Waals surface area contributed by atoms with Crippen LogP contribution in [0.5, 0.6) is 0 Å². The average molecular weight is 447 g/mol. The monoisotopic (exact) mass is 446 g/mol. The number of aryl methyl sites for hydroxylation is 1. The second kappa shape index (κ2) is 9.44. The summed E-state index contributed by atoms with van der Waals surface area (Å²) in [6, 6.07) is 10.3. The van der Waals surface area contributed by atoms with Gasteiger partial charge < -0.3 is 10.1 Å². The van der Waals surface area contributed by atoms with Crippen molar-refractivity contribution >= 4 is 40.9 Å². The lowest BCUT2D eigenvalue weighted by molar-refractivity contribution is 0.0611. The van der Waals surface area contributed by atoms with E-state index in [1.807, 2.05) is 33.8 Å². The summed E-state index contributed by atoms with van der Waals surface area (Å²) in [4.78, 5) is 21.5. The Labute approximate surface area is 183 Å². The maximum atomic E-state index is 13.8. The fraction of sp³-hybridized carbons (Fsp3) is 0.286. The lowest BCUT2D eigenvalue weighted by Crippen LogP contribution is -2.33. The van der Waals surface area contributed by atoms with Gasteiger partial charge in [-0.15, -0.1) is 11.3 Å². The molecule has 3 rings (SSSR count). The Hall–Kier alpha value is -2.65. The van der Waals surface area contributed by atoms with E-state index >= 15 is 0 Å². The minimum absolute atomic E-state index is 0.251. The van der Waals surface area contributed by atoms with Crippen LogP contribution in [0.4, 0.5) is 20.7 Å². The van der Waals surface area contributed by atoms with E-state index in [0.29, 0.717) is 23.0 Å². The summed E-state index contributed by atoms with van der Waals surface area (Å²) in [6.45, 7) is 7.65. The Kier molecular flexibility index (Phi) is 6.94. The van der Waals surface area contributed by atoms with E-state index in [0.717, 1.165) is 23.3 Å². The van der Waals surface area contributed by atoms with Crippen LogP contribution >= 0.6 is 23.3 Å². The van der Waals surface area contributed by atoms with Crippen LogP contribution in [-0.2, 0) is 11.3 Å². The molecule has 1 aromatic carbocycles. The molecule has 3 aromatic rings. The smallest absolute Gasteiger partial charge is 0.426 e. The number of pyridine rings is 1. The van der Waals surface area contributed by atoms with Crippen molar-refractivity contribution in [3.8, 4) is 0 Å². The van der Waals surface area contributed by atoms with Crippen molar-refractivity contribution in [2.24, 2.45) is 0 Å². The number of hydrogen-bond donors (Lipinski definition) is 1. The van der Waals surface area contributed by atoms with Crippen LogP contribution in [0.1, 0.15) is 32.0 Å². The molecule has 0 radical (unpaired) electrons. The van der Waals surface area contributed by atoms with Crippen LogP contribution in [-0.4, -0.2) is 21.7 Å². The summed E-state index contributed by atoms with van der Waals surface area (Å²) in [7, 11) is 0. The molecule has 0 saturated carbocycles. The average Bonchev–Trinajstić information content (AvgIpc) is 3.19. The topological polar surface area (TPSA) is 67.4 Å². The Balaban J connectivity index is 1.73. The first-order valence-corrected chi connectivity index (χ1v) is 11.0. The van der Waals surface area contributed by atoms with E-state index < -0.39 is 11.7 Å². The standard InChI is InChI=1S/C21H23FN4O2S2/c1-14-17(23-11-15-7-5-6-8-16(15)22)9-10-19(25-14)30-26(18-12-29-13-24-18)20(27)28-21(2,3)4/h5-10,12-13,23H,11H2,1-4H3. The molecule has 9 heteroatoms. The fourth-order valence-corrected chi connectivity index (χ4v) is 3.87. The Morgan fingerprint density at radius 3 is 2.67 bits per heavy atom. The van der Waals surface area contributed by atoms with E-state index in [4.69, 9.17) is 4.74 Å². The molecule has 6 nitrogen and oxygen atoms in total. The molecule has 2 heterocycles. The third kappa shape index (κ3) is 5.93. The second-order valence-corrected chi connectivity index (χ2v) is 9.12. The number of nitrogens with zero attached hydrogens (tertiary/aromatic N) is 3. The third-order valence-corrected chi connectivity index (χ3v) is 5.37. The van der Waals surface area contributed by atoms with Crippen molar-refractivity contribution in [3.63, 3.8) is 0 Å². The summed E-state index contributed by atoms with van der Waals surface area (Å²) in [6.07, 6.45) is -0.514. The van der Waals surface area contributed by atoms with Gasteiger partial charge in [0.25, 0.3) is 0 Å². The van der Waals surface area contributed by atoms with E-state index in [1.165, 1.54) is 21.7 Å². The van der Waals surface area contributed by atoms with E-state index in [-0.39, 0.29) is 5.82 Å². The molecule has 0 atom stereocenters. The minimum atomic E-state index is -0.629. The zero-order chi connectivity index (χ0) is 21.7. The molecule has 0 aliphatic carbocycles. The van der Waals surface area contributed by atoms with Gasteiger partial charge >= 0.3 is 6.09 Å². The quantitative estimate of drug-likeness (QED) is 0.465. The summed E-state index contributed by atoms with van der Waals surface area (Å²) in [5, 5.41) is 5.59. The van der Waals surface area contributed by atoms with Gasteiger partial charge in [-0.3, -0.25) is 0 Å². The SMILES string of the molecule is Cc1nc(SN(C(=O)OC(C)(C)C)c2cscn2)ccc1NCc1ccccc1F. The molecule has 0 saturated heterocycles. The molecule has 30 heavy (non-hydrogen) atoms. The molecular formula is C21H23FN4O2S2. The summed E-state index contributed by atoms with van der Waals surface area (Å²) < 4.78 is 20.7. The number of anilines is 2. The molecule has 2 aromatic heterocycles. The van der Waals surface area contributed by atoms with Crippen molar-refractivity contribution in [2.75, 3.05) is 9.62 Å². The number of carbonyl (C=O) groups excluding carboxylic acids is 1. The van der Waals surface area contributed by atoms with Crippen LogP contribution in [0.3, 0.4) is 0 Å². The highest BCUT2D eigenvalue weighted by Gasteiger charge is 2.26. The van der Waals surface area contributed by atoms with Gasteiger partial charge in [0.15, 0.2) is 5.82 Å². The summed E-state index contributed by atoms with van der Waals surface area (Å²) in [5.74, 6) is 0.236. The number of hydrogen-bond acceptors (Lipinski definition) is 7. The number of carbonyl (C=O) groups is 1. The number of ether oxygens (including phenoxy) is 1. The van der Waals surface area contributed by atoms with Crippen molar-refractivity contribution < 1.29 is 13.9 Å². The first-order valence-electron chi connectivity index (χ1n) is 9.27. The van der Waals surface area contributed by atoms with Crippen molar-refractivity contribution in [1.82, 2.24) is 9.97 Å². The predicted octanol–water partition coefficient (Wildman–Crippen LogP) is 6.05. The molecule has 1 N–H and O–H groups in total. The Bertz CT molecular complexity index is 1010. The highest BCUT2D eigenvalue weighted by molar-refractivity contribution is 8.01. The van der Waals surface area contributed by atoms with Crippen LogP contribution in [0.25, 0.3) is 0 Å². The van der Waals surface area contributed by atoms with Crippen molar-refractivity contribution in [3.05, 3.63) is 64.4 Å². The van der Waals surface area contributed by atoms with E-state index in [9.17, 15) is 9.18 Å². The maximum absolute atomic E-state index is 13.8. The number of thiazole rings is 1. The molecule has 0 spiro atoms. The van der Waals surface area contributed by atoms with E-state index in [1.54, 1.807) is 35.2 Å². The zero-order valence-corrected chi connectivity index (χ0v) is 18.8. The predicted molar refractivity (Wildman–Crippen MR) is 119 cm³/mol. The van der Waals surface area contributed by atoms with Gasteiger partial charge in [-0.25, -0.2) is 19.2 Å². The molecule has 1 amide bonds. The number of aromatic nitrogens is 2. The zero-order valence-electron chi connectivity index (χ0n) is 17.2. The van der Waals surface area contributed by atoms with Gasteiger partial charge in [-0.2, -0.15) is 4.31 Å². The van der Waals surface area contributed by atoms with Crippen molar-refractivity contribution in [2.45, 2.75) is 44.9 Å². The fourth-order valence-electron chi connectivity index (χ4n) is 2.49. The van der Waals surface area contributed by atoms with E-state index in [2.05, 4.69) is 15.3 Å². The normalized spacial score (nSPS) is 11.2. The second-order valence-electron chi connectivity index (χ2n) is 7.44. The molecule has 0 aliphatic heterocycles. The molecule has 0 aliphatic rings. The van der Waals surface area contributed by atoms with Gasteiger partial charge in [0, 0.05) is 29.4 Å². The summed E-state index contributed by atoms with van der Waals surface area (Å²) in [5.41, 5.74) is 3.13. The number of amides is 1. The number of benzene rings is 1. The molecule has 0 bridgehead atoms. The van der Waals surface area contributed by atoms with Crippen LogP contribution in [0, 0.1) is 12.7 Å². The highest BCUT2D eigenvalue weighted by atomic mass is 32.2. The van der Waals surface area contributed by atoms with Crippen molar-refractivity contribution in [1.29, 1.82) is 0 Å². The van der Waals surface area contributed by atoms with Crippen LogP contribution in [0.2, 0.25) is 0 Å². The van der Waals surface area contributed by atoms with Crippen LogP contribution in [0.15, 0.2) is 52.3 Å². The lowest BCUT2D eigenvalue weighted by atomic mass is 10.2. The van der Waals surface area contributed by atoms with Gasteiger partial charge in [0.2, 0.25) is 0 Å². The third-order valence-electron chi connectivity index (χ3n) is 3.86. The first-order chi connectivity index (χ1) is 14.2. The van der Waals surface area contributed by atoms with Crippen LogP contribution < -0.4 is 9.62 Å². The molecule has 158 valence electrons.